The first kappa shape index (κ1) is 19.1. The van der Waals surface area contributed by atoms with Crippen LogP contribution < -0.4 is 15.4 Å². The number of anilines is 1. The maximum atomic E-state index is 11.7. The fraction of sp³-hybridized carbons (Fsp3) is 0.400. The number of piperazine rings is 1. The molecular formula is C20H26N4O3. The number of hydrogen-bond donors (Lipinski definition) is 2. The minimum Gasteiger partial charge on any atom is -0.497 e. The number of amides is 1. The van der Waals surface area contributed by atoms with E-state index < -0.39 is 5.91 Å². The number of aliphatic hydroxyl groups excluding tert-OH is 1. The maximum Gasteiger partial charge on any atom is 0.252 e. The van der Waals surface area contributed by atoms with Gasteiger partial charge >= 0.3 is 0 Å². The van der Waals surface area contributed by atoms with E-state index in [1.165, 1.54) is 5.56 Å². The van der Waals surface area contributed by atoms with E-state index in [0.717, 1.165) is 25.4 Å². The molecule has 0 radical (unpaired) electrons. The number of nitrogens with zero attached hydrogens (tertiary/aromatic N) is 3. The second kappa shape index (κ2) is 8.83. The van der Waals surface area contributed by atoms with Crippen molar-refractivity contribution in [3.05, 3.63) is 53.7 Å². The van der Waals surface area contributed by atoms with Gasteiger partial charge in [0.1, 0.15) is 11.6 Å². The van der Waals surface area contributed by atoms with Gasteiger partial charge in [-0.3, -0.25) is 9.69 Å². The van der Waals surface area contributed by atoms with Crippen LogP contribution in [0.4, 0.5) is 5.82 Å². The van der Waals surface area contributed by atoms with E-state index in [1.54, 1.807) is 25.4 Å². The second-order valence-corrected chi connectivity index (χ2v) is 6.67. The standard InChI is InChI=1S/C20H26N4O3/c1-27-17-5-2-4-15(12-17)13-23-9-10-24(14-16(23)7-11-25)20-18(19(21)26)6-3-8-22-20/h2-6,8,12,16,25H,7,9-11,13-14H2,1H3,(H2,21,26)/t16-/m0/s1. The van der Waals surface area contributed by atoms with Crippen LogP contribution in [0.25, 0.3) is 0 Å². The molecule has 144 valence electrons. The number of primary amides is 1. The van der Waals surface area contributed by atoms with Crippen molar-refractivity contribution < 1.29 is 14.6 Å². The zero-order valence-electron chi connectivity index (χ0n) is 15.5. The highest BCUT2D eigenvalue weighted by Crippen LogP contribution is 2.24. The van der Waals surface area contributed by atoms with Crippen LogP contribution in [0.3, 0.4) is 0 Å². The first-order valence-electron chi connectivity index (χ1n) is 9.10. The molecule has 2 heterocycles. The summed E-state index contributed by atoms with van der Waals surface area (Å²) < 4.78 is 5.31. The van der Waals surface area contributed by atoms with Crippen LogP contribution in [0, 0.1) is 0 Å². The molecule has 0 spiro atoms. The Labute approximate surface area is 159 Å². The van der Waals surface area contributed by atoms with Crippen molar-refractivity contribution in [1.29, 1.82) is 0 Å². The number of carbonyl (C=O) groups excluding carboxylic acids is 1. The maximum absolute atomic E-state index is 11.7. The SMILES string of the molecule is COc1cccc(CN2CCN(c3ncccc3C(N)=O)C[C@@H]2CCO)c1. The summed E-state index contributed by atoms with van der Waals surface area (Å²) in [7, 11) is 1.66. The number of nitrogens with two attached hydrogens (primary N) is 1. The van der Waals surface area contributed by atoms with Crippen LogP contribution in [0.1, 0.15) is 22.3 Å². The molecule has 1 atom stereocenters. The fourth-order valence-corrected chi connectivity index (χ4v) is 3.56. The predicted octanol–water partition coefficient (Wildman–Crippen LogP) is 1.26. The van der Waals surface area contributed by atoms with Gasteiger partial charge in [0, 0.05) is 45.0 Å². The van der Waals surface area contributed by atoms with Gasteiger partial charge in [-0.2, -0.15) is 0 Å². The Balaban J connectivity index is 1.76. The molecule has 1 aromatic heterocycles. The summed E-state index contributed by atoms with van der Waals surface area (Å²) in [6.45, 7) is 3.11. The number of carbonyl (C=O) groups is 1. The highest BCUT2D eigenvalue weighted by Gasteiger charge is 2.29. The Hall–Kier alpha value is -2.64. The highest BCUT2D eigenvalue weighted by atomic mass is 16.5. The number of aliphatic hydroxyl groups is 1. The molecule has 2 aromatic rings. The summed E-state index contributed by atoms with van der Waals surface area (Å²) in [6, 6.07) is 11.6. The minimum atomic E-state index is -0.476. The van der Waals surface area contributed by atoms with Crippen molar-refractivity contribution in [2.24, 2.45) is 5.73 Å². The van der Waals surface area contributed by atoms with E-state index in [4.69, 9.17) is 10.5 Å². The molecule has 1 aliphatic rings. The number of hydrogen-bond acceptors (Lipinski definition) is 6. The molecule has 1 fully saturated rings. The monoisotopic (exact) mass is 370 g/mol. The summed E-state index contributed by atoms with van der Waals surface area (Å²) in [5.41, 5.74) is 7.10. The van der Waals surface area contributed by atoms with Crippen molar-refractivity contribution in [2.75, 3.05) is 38.3 Å². The summed E-state index contributed by atoms with van der Waals surface area (Å²) in [6.07, 6.45) is 2.32. The van der Waals surface area contributed by atoms with Gasteiger partial charge < -0.3 is 20.5 Å². The Morgan fingerprint density at radius 3 is 2.93 bits per heavy atom. The number of aromatic nitrogens is 1. The van der Waals surface area contributed by atoms with Crippen molar-refractivity contribution in [2.45, 2.75) is 19.0 Å². The molecule has 3 rings (SSSR count). The highest BCUT2D eigenvalue weighted by molar-refractivity contribution is 5.97. The number of ether oxygens (including phenoxy) is 1. The first-order valence-corrected chi connectivity index (χ1v) is 9.10. The smallest absolute Gasteiger partial charge is 0.252 e. The Kier molecular flexibility index (Phi) is 6.26. The average molecular weight is 370 g/mol. The fourth-order valence-electron chi connectivity index (χ4n) is 3.56. The van der Waals surface area contributed by atoms with Gasteiger partial charge in [0.15, 0.2) is 0 Å². The molecule has 0 bridgehead atoms. The topological polar surface area (TPSA) is 91.9 Å². The predicted molar refractivity (Wildman–Crippen MR) is 104 cm³/mol. The Bertz CT molecular complexity index is 783. The van der Waals surface area contributed by atoms with Gasteiger partial charge in [0.25, 0.3) is 5.91 Å². The normalized spacial score (nSPS) is 17.7. The van der Waals surface area contributed by atoms with Crippen LogP contribution in [-0.2, 0) is 6.54 Å². The van der Waals surface area contributed by atoms with Crippen molar-refractivity contribution >= 4 is 11.7 Å². The third-order valence-corrected chi connectivity index (χ3v) is 4.94. The van der Waals surface area contributed by atoms with Crippen molar-refractivity contribution in [3.63, 3.8) is 0 Å². The van der Waals surface area contributed by atoms with E-state index in [2.05, 4.69) is 20.9 Å². The van der Waals surface area contributed by atoms with Crippen LogP contribution in [0.2, 0.25) is 0 Å². The van der Waals surface area contributed by atoms with Crippen molar-refractivity contribution in [3.8, 4) is 5.75 Å². The van der Waals surface area contributed by atoms with Crippen LogP contribution in [-0.4, -0.2) is 60.3 Å². The number of pyridine rings is 1. The molecule has 1 aliphatic heterocycles. The van der Waals surface area contributed by atoms with Gasteiger partial charge in [-0.1, -0.05) is 12.1 Å². The summed E-state index contributed by atoms with van der Waals surface area (Å²) >= 11 is 0. The van der Waals surface area contributed by atoms with Crippen LogP contribution >= 0.6 is 0 Å². The van der Waals surface area contributed by atoms with Gasteiger partial charge in [-0.05, 0) is 36.2 Å². The molecule has 0 saturated carbocycles. The van der Waals surface area contributed by atoms with Crippen molar-refractivity contribution in [1.82, 2.24) is 9.88 Å². The molecule has 1 amide bonds. The summed E-state index contributed by atoms with van der Waals surface area (Å²) in [4.78, 5) is 20.5. The molecule has 3 N–H and O–H groups in total. The molecule has 27 heavy (non-hydrogen) atoms. The number of rotatable bonds is 7. The largest absolute Gasteiger partial charge is 0.497 e. The molecule has 1 saturated heterocycles. The van der Waals surface area contributed by atoms with E-state index in [9.17, 15) is 9.90 Å². The quantitative estimate of drug-likeness (QED) is 0.762. The summed E-state index contributed by atoms with van der Waals surface area (Å²) in [5.74, 6) is 0.981. The Morgan fingerprint density at radius 1 is 1.33 bits per heavy atom. The summed E-state index contributed by atoms with van der Waals surface area (Å²) in [5, 5.41) is 9.53. The molecule has 1 aromatic carbocycles. The first-order chi connectivity index (χ1) is 13.1. The zero-order valence-corrected chi connectivity index (χ0v) is 15.5. The molecule has 0 aliphatic carbocycles. The lowest BCUT2D eigenvalue weighted by Gasteiger charge is -2.42. The zero-order chi connectivity index (χ0) is 19.2. The lowest BCUT2D eigenvalue weighted by atomic mass is 10.1. The lowest BCUT2D eigenvalue weighted by Crippen LogP contribution is -2.53. The van der Waals surface area contributed by atoms with Gasteiger partial charge in [-0.25, -0.2) is 4.98 Å². The van der Waals surface area contributed by atoms with E-state index in [1.807, 2.05) is 18.2 Å². The molecule has 7 heteroatoms. The molecule has 7 nitrogen and oxygen atoms in total. The average Bonchev–Trinajstić information content (AvgIpc) is 2.69. The number of methoxy groups -OCH3 is 1. The van der Waals surface area contributed by atoms with E-state index in [0.29, 0.717) is 24.3 Å². The second-order valence-electron chi connectivity index (χ2n) is 6.67. The lowest BCUT2D eigenvalue weighted by molar-refractivity contribution is 0.0999. The van der Waals surface area contributed by atoms with Gasteiger partial charge in [-0.15, -0.1) is 0 Å². The van der Waals surface area contributed by atoms with Gasteiger partial charge in [0.05, 0.1) is 12.7 Å². The molecular weight excluding hydrogens is 344 g/mol. The van der Waals surface area contributed by atoms with Crippen LogP contribution in [0.15, 0.2) is 42.6 Å². The minimum absolute atomic E-state index is 0.109. The Morgan fingerprint density at radius 2 is 2.19 bits per heavy atom. The molecule has 0 unspecified atom stereocenters. The number of benzene rings is 1. The third kappa shape index (κ3) is 4.56. The van der Waals surface area contributed by atoms with Crippen LogP contribution in [0.5, 0.6) is 5.75 Å². The van der Waals surface area contributed by atoms with E-state index >= 15 is 0 Å². The van der Waals surface area contributed by atoms with E-state index in [-0.39, 0.29) is 12.6 Å². The van der Waals surface area contributed by atoms with Gasteiger partial charge in [0.2, 0.25) is 0 Å². The third-order valence-electron chi connectivity index (χ3n) is 4.94.